The number of carbonyl (C=O) groups excluding carboxylic acids is 2. The average Bonchev–Trinajstić information content (AvgIpc) is 3.12. The van der Waals surface area contributed by atoms with Crippen LogP contribution in [0.2, 0.25) is 0 Å². The largest absolute Gasteiger partial charge is 0.458 e. The molecule has 0 unspecified atom stereocenters. The predicted molar refractivity (Wildman–Crippen MR) is 125 cm³/mol. The van der Waals surface area contributed by atoms with Gasteiger partial charge in [0, 0.05) is 6.42 Å². The summed E-state index contributed by atoms with van der Waals surface area (Å²) < 4.78 is 5.83. The zero-order valence-corrected chi connectivity index (χ0v) is 20.3. The van der Waals surface area contributed by atoms with Crippen LogP contribution < -0.4 is 0 Å². The second-order valence-corrected chi connectivity index (χ2v) is 11.8. The van der Waals surface area contributed by atoms with Crippen LogP contribution in [0, 0.1) is 40.4 Å². The van der Waals surface area contributed by atoms with Gasteiger partial charge in [0.1, 0.15) is 6.10 Å². The van der Waals surface area contributed by atoms with Gasteiger partial charge in [-0.15, -0.1) is 0 Å². The highest BCUT2D eigenvalue weighted by Gasteiger charge is 2.62. The Balaban J connectivity index is 1.41. The molecule has 1 aliphatic heterocycles. The summed E-state index contributed by atoms with van der Waals surface area (Å²) in [6.45, 7) is 8.38. The molecule has 5 nitrogen and oxygen atoms in total. The molecular weight excluding hydrogens is 416 g/mol. The van der Waals surface area contributed by atoms with Crippen LogP contribution >= 0.6 is 0 Å². The molecule has 1 heterocycles. The van der Waals surface area contributed by atoms with Crippen LogP contribution in [-0.2, 0) is 14.3 Å². The van der Waals surface area contributed by atoms with Crippen molar-refractivity contribution in [3.8, 4) is 0 Å². The fourth-order valence-electron chi connectivity index (χ4n) is 8.81. The molecule has 0 bridgehead atoms. The molecule has 5 heteroatoms. The number of aliphatic hydroxyl groups is 2. The number of rotatable bonds is 3. The second kappa shape index (κ2) is 7.91. The summed E-state index contributed by atoms with van der Waals surface area (Å²) in [7, 11) is 0. The van der Waals surface area contributed by atoms with Gasteiger partial charge in [-0.05, 0) is 92.6 Å². The molecule has 9 atom stereocenters. The molecule has 0 aromatic rings. The summed E-state index contributed by atoms with van der Waals surface area (Å²) >= 11 is 0. The Kier molecular flexibility index (Phi) is 5.52. The summed E-state index contributed by atoms with van der Waals surface area (Å²) in [6, 6.07) is 0. The smallest absolute Gasteiger partial charge is 0.336 e. The van der Waals surface area contributed by atoms with Gasteiger partial charge in [-0.3, -0.25) is 4.79 Å². The van der Waals surface area contributed by atoms with E-state index in [0.29, 0.717) is 29.7 Å². The van der Waals surface area contributed by atoms with Crippen molar-refractivity contribution in [1.29, 1.82) is 0 Å². The number of ketones is 1. The molecule has 33 heavy (non-hydrogen) atoms. The van der Waals surface area contributed by atoms with E-state index in [0.717, 1.165) is 43.3 Å². The van der Waals surface area contributed by atoms with Gasteiger partial charge in [0.2, 0.25) is 0 Å². The van der Waals surface area contributed by atoms with E-state index in [1.54, 1.807) is 12.2 Å². The van der Waals surface area contributed by atoms with Crippen LogP contribution in [0.5, 0.6) is 0 Å². The van der Waals surface area contributed by atoms with Crippen LogP contribution in [0.25, 0.3) is 0 Å². The number of hydrogen-bond acceptors (Lipinski definition) is 5. The van der Waals surface area contributed by atoms with Crippen molar-refractivity contribution in [3.05, 3.63) is 34.9 Å². The molecule has 0 aromatic heterocycles. The minimum absolute atomic E-state index is 0.118. The normalized spacial score (nSPS) is 45.7. The van der Waals surface area contributed by atoms with E-state index < -0.39 is 11.5 Å². The zero-order chi connectivity index (χ0) is 23.7. The minimum atomic E-state index is -0.580. The Morgan fingerprint density at radius 1 is 1.18 bits per heavy atom. The monoisotopic (exact) mass is 454 g/mol. The molecule has 0 saturated heterocycles. The molecule has 0 amide bonds. The van der Waals surface area contributed by atoms with E-state index in [1.807, 2.05) is 13.0 Å². The molecule has 3 fully saturated rings. The van der Waals surface area contributed by atoms with Crippen molar-refractivity contribution >= 4 is 11.8 Å². The second-order valence-electron chi connectivity index (χ2n) is 11.8. The van der Waals surface area contributed by atoms with Crippen molar-refractivity contribution in [2.75, 3.05) is 6.61 Å². The summed E-state index contributed by atoms with van der Waals surface area (Å²) in [4.78, 5) is 25.5. The first-order chi connectivity index (χ1) is 15.6. The predicted octanol–water partition coefficient (Wildman–Crippen LogP) is 4.14. The van der Waals surface area contributed by atoms with E-state index in [1.165, 1.54) is 0 Å². The molecular formula is C28H38O5. The van der Waals surface area contributed by atoms with E-state index in [9.17, 15) is 19.8 Å². The van der Waals surface area contributed by atoms with E-state index in [-0.39, 0.29) is 41.7 Å². The topological polar surface area (TPSA) is 83.8 Å². The maximum Gasteiger partial charge on any atom is 0.336 e. The number of esters is 1. The Labute approximate surface area is 197 Å². The van der Waals surface area contributed by atoms with Gasteiger partial charge in [-0.2, -0.15) is 0 Å². The number of fused-ring (bicyclic) bond motifs is 5. The van der Waals surface area contributed by atoms with Crippen molar-refractivity contribution in [1.82, 2.24) is 0 Å². The van der Waals surface area contributed by atoms with Gasteiger partial charge in [0.15, 0.2) is 5.78 Å². The van der Waals surface area contributed by atoms with E-state index in [4.69, 9.17) is 4.74 Å². The van der Waals surface area contributed by atoms with Gasteiger partial charge in [0.25, 0.3) is 0 Å². The number of ether oxygens (including phenoxy) is 1. The SMILES string of the molecule is CC1=C(CO)C(=O)O[C@@H]([C@H](C)[C@H]2CC[C@@H]3[C@H]4C[C@H](O)C5=CC=CC(=O)[C@]5(C)[C@H]4CC[C@]23C)C1. The molecule has 0 radical (unpaired) electrons. The van der Waals surface area contributed by atoms with E-state index >= 15 is 0 Å². The van der Waals surface area contributed by atoms with Crippen LogP contribution in [0.3, 0.4) is 0 Å². The van der Waals surface area contributed by atoms with Crippen molar-refractivity contribution in [3.63, 3.8) is 0 Å². The van der Waals surface area contributed by atoms with Gasteiger partial charge in [0.05, 0.1) is 23.7 Å². The van der Waals surface area contributed by atoms with Gasteiger partial charge in [-0.25, -0.2) is 4.79 Å². The van der Waals surface area contributed by atoms with Crippen LogP contribution in [0.15, 0.2) is 34.9 Å². The maximum absolute atomic E-state index is 13.1. The molecule has 2 N–H and O–H groups in total. The third-order valence-corrected chi connectivity index (χ3v) is 10.6. The number of cyclic esters (lactones) is 1. The van der Waals surface area contributed by atoms with Crippen LogP contribution in [0.4, 0.5) is 0 Å². The van der Waals surface area contributed by atoms with Crippen molar-refractivity contribution in [2.24, 2.45) is 40.4 Å². The number of carbonyl (C=O) groups is 2. The molecule has 0 aromatic carbocycles. The Morgan fingerprint density at radius 3 is 2.64 bits per heavy atom. The van der Waals surface area contributed by atoms with Gasteiger partial charge in [-0.1, -0.05) is 31.6 Å². The summed E-state index contributed by atoms with van der Waals surface area (Å²) in [6.07, 6.45) is 10.5. The summed E-state index contributed by atoms with van der Waals surface area (Å²) in [5.41, 5.74) is 1.81. The molecule has 180 valence electrons. The number of hydrogen-bond donors (Lipinski definition) is 2. The molecule has 4 aliphatic carbocycles. The fraction of sp³-hybridized carbons (Fsp3) is 0.714. The van der Waals surface area contributed by atoms with Crippen LogP contribution in [-0.4, -0.2) is 40.8 Å². The quantitative estimate of drug-likeness (QED) is 0.626. The summed E-state index contributed by atoms with van der Waals surface area (Å²) in [5, 5.41) is 20.6. The number of allylic oxidation sites excluding steroid dienone is 3. The Morgan fingerprint density at radius 2 is 1.94 bits per heavy atom. The lowest BCUT2D eigenvalue weighted by atomic mass is 9.46. The Hall–Kier alpha value is -1.72. The minimum Gasteiger partial charge on any atom is -0.458 e. The average molecular weight is 455 g/mol. The lowest BCUT2D eigenvalue weighted by Crippen LogP contribution is -2.56. The van der Waals surface area contributed by atoms with Crippen molar-refractivity contribution < 1.29 is 24.5 Å². The third kappa shape index (κ3) is 3.18. The third-order valence-electron chi connectivity index (χ3n) is 10.6. The number of aliphatic hydroxyl groups excluding tert-OH is 2. The lowest BCUT2D eigenvalue weighted by Gasteiger charge is -2.58. The highest BCUT2D eigenvalue weighted by atomic mass is 16.5. The van der Waals surface area contributed by atoms with Gasteiger partial charge < -0.3 is 14.9 Å². The van der Waals surface area contributed by atoms with Crippen molar-refractivity contribution in [2.45, 2.75) is 78.4 Å². The Bertz CT molecular complexity index is 959. The first-order valence-corrected chi connectivity index (χ1v) is 12.7. The fourth-order valence-corrected chi connectivity index (χ4v) is 8.81. The van der Waals surface area contributed by atoms with Gasteiger partial charge >= 0.3 is 5.97 Å². The zero-order valence-electron chi connectivity index (χ0n) is 20.3. The molecule has 0 spiro atoms. The summed E-state index contributed by atoms with van der Waals surface area (Å²) in [5.74, 6) is 1.54. The molecule has 3 saturated carbocycles. The maximum atomic E-state index is 13.1. The highest BCUT2D eigenvalue weighted by Crippen LogP contribution is 2.67. The molecule has 5 rings (SSSR count). The molecule has 5 aliphatic rings. The van der Waals surface area contributed by atoms with E-state index in [2.05, 4.69) is 20.8 Å². The first-order valence-electron chi connectivity index (χ1n) is 12.7. The standard InChI is InChI=1S/C28H38O5/c1-15-12-24(33-26(32)18(15)14-29)16(2)19-8-9-20-17-13-23(30)22-6-5-7-25(31)28(22,4)21(17)10-11-27(19,20)3/h5-7,16-17,19-21,23-24,29-30H,8-14H2,1-4H3/t16-,17-,19-,20-,21+,23+,24-,27-,28-/m1/s1. The lowest BCUT2D eigenvalue weighted by molar-refractivity contribution is -0.153. The first kappa shape index (κ1) is 23.0. The van der Waals surface area contributed by atoms with Crippen LogP contribution in [0.1, 0.15) is 66.2 Å². The highest BCUT2D eigenvalue weighted by molar-refractivity contribution is 5.99.